The lowest BCUT2D eigenvalue weighted by Crippen LogP contribution is -2.38. The van der Waals surface area contributed by atoms with Gasteiger partial charge in [-0.2, -0.15) is 0 Å². The zero-order chi connectivity index (χ0) is 14.2. The third-order valence-electron chi connectivity index (χ3n) is 4.22. The maximum Gasteiger partial charge on any atom is 0.371 e. The Balaban J connectivity index is 1.76. The molecule has 1 aliphatic rings. The predicted molar refractivity (Wildman–Crippen MR) is 76.9 cm³/mol. The van der Waals surface area contributed by atoms with E-state index < -0.39 is 5.97 Å². The van der Waals surface area contributed by atoms with Crippen molar-refractivity contribution in [3.63, 3.8) is 0 Å². The highest BCUT2D eigenvalue weighted by atomic mass is 16.4. The van der Waals surface area contributed by atoms with Gasteiger partial charge in [-0.3, -0.25) is 0 Å². The van der Waals surface area contributed by atoms with Crippen LogP contribution in [0.15, 0.2) is 28.7 Å². The number of aromatic carboxylic acids is 1. The molecule has 0 bridgehead atoms. The van der Waals surface area contributed by atoms with Crippen molar-refractivity contribution in [1.82, 2.24) is 5.32 Å². The van der Waals surface area contributed by atoms with Gasteiger partial charge in [0, 0.05) is 17.5 Å². The molecule has 0 unspecified atom stereocenters. The van der Waals surface area contributed by atoms with Crippen molar-refractivity contribution in [1.29, 1.82) is 0 Å². The first kappa shape index (κ1) is 13.2. The highest BCUT2D eigenvalue weighted by Gasteiger charge is 2.27. The number of carbonyl (C=O) groups is 1. The van der Waals surface area contributed by atoms with Crippen LogP contribution < -0.4 is 5.32 Å². The summed E-state index contributed by atoms with van der Waals surface area (Å²) in [5, 5.41) is 13.4. The minimum Gasteiger partial charge on any atom is -0.475 e. The van der Waals surface area contributed by atoms with Crippen LogP contribution in [-0.4, -0.2) is 16.6 Å². The maximum absolute atomic E-state index is 10.9. The van der Waals surface area contributed by atoms with Gasteiger partial charge in [-0.1, -0.05) is 18.9 Å². The summed E-state index contributed by atoms with van der Waals surface area (Å²) in [6.07, 6.45) is 5.05. The van der Waals surface area contributed by atoms with Gasteiger partial charge in [0.05, 0.1) is 0 Å². The van der Waals surface area contributed by atoms with E-state index in [4.69, 9.17) is 9.52 Å². The van der Waals surface area contributed by atoms with Crippen LogP contribution in [0.4, 0.5) is 0 Å². The fourth-order valence-corrected chi connectivity index (χ4v) is 2.96. The van der Waals surface area contributed by atoms with Gasteiger partial charge in [0.2, 0.25) is 5.76 Å². The third-order valence-corrected chi connectivity index (χ3v) is 4.22. The quantitative estimate of drug-likeness (QED) is 0.894. The second kappa shape index (κ2) is 4.94. The van der Waals surface area contributed by atoms with E-state index in [0.717, 1.165) is 17.5 Å². The van der Waals surface area contributed by atoms with Crippen LogP contribution >= 0.6 is 0 Å². The number of carboxylic acids is 1. The standard InChI is InChI=1S/C16H19NO3/c1-16(6-2-3-7-16)17-10-11-4-5-13-12(8-11)9-14(20-13)15(18)19/h4-5,8-9,17H,2-3,6-7,10H2,1H3,(H,18,19). The highest BCUT2D eigenvalue weighted by Crippen LogP contribution is 2.29. The molecule has 0 radical (unpaired) electrons. The molecule has 0 amide bonds. The maximum atomic E-state index is 10.9. The van der Waals surface area contributed by atoms with E-state index in [0.29, 0.717) is 5.58 Å². The van der Waals surface area contributed by atoms with Gasteiger partial charge in [-0.05, 0) is 43.5 Å². The number of benzene rings is 1. The van der Waals surface area contributed by atoms with Crippen LogP contribution in [0, 0.1) is 0 Å². The molecule has 1 heterocycles. The van der Waals surface area contributed by atoms with Gasteiger partial charge in [0.25, 0.3) is 0 Å². The molecule has 20 heavy (non-hydrogen) atoms. The average Bonchev–Trinajstić information content (AvgIpc) is 3.02. The Labute approximate surface area is 117 Å². The lowest BCUT2D eigenvalue weighted by molar-refractivity contribution is 0.0665. The smallest absolute Gasteiger partial charge is 0.371 e. The summed E-state index contributed by atoms with van der Waals surface area (Å²) in [5.41, 5.74) is 2.03. The average molecular weight is 273 g/mol. The van der Waals surface area contributed by atoms with E-state index in [1.54, 1.807) is 6.07 Å². The lowest BCUT2D eigenvalue weighted by Gasteiger charge is -2.25. The van der Waals surface area contributed by atoms with Crippen LogP contribution in [0.3, 0.4) is 0 Å². The van der Waals surface area contributed by atoms with Crippen molar-refractivity contribution in [2.75, 3.05) is 0 Å². The molecule has 4 nitrogen and oxygen atoms in total. The number of hydrogen-bond donors (Lipinski definition) is 2. The molecule has 1 aliphatic carbocycles. The molecule has 2 N–H and O–H groups in total. The van der Waals surface area contributed by atoms with E-state index in [-0.39, 0.29) is 11.3 Å². The van der Waals surface area contributed by atoms with Gasteiger partial charge >= 0.3 is 5.97 Å². The Morgan fingerprint density at radius 3 is 2.80 bits per heavy atom. The van der Waals surface area contributed by atoms with E-state index in [2.05, 4.69) is 12.2 Å². The molecule has 1 fully saturated rings. The minimum absolute atomic E-state index is 0.00661. The zero-order valence-electron chi connectivity index (χ0n) is 11.6. The normalized spacial score (nSPS) is 17.6. The predicted octanol–water partition coefficient (Wildman–Crippen LogP) is 3.55. The molecule has 106 valence electrons. The number of rotatable bonds is 4. The summed E-state index contributed by atoms with van der Waals surface area (Å²) in [6.45, 7) is 3.08. The Bertz CT molecular complexity index is 638. The molecule has 3 rings (SSSR count). The summed E-state index contributed by atoms with van der Waals surface area (Å²) in [5.74, 6) is -1.03. The number of carboxylic acid groups (broad SMARTS) is 1. The van der Waals surface area contributed by atoms with Crippen LogP contribution in [0.2, 0.25) is 0 Å². The van der Waals surface area contributed by atoms with Crippen molar-refractivity contribution in [2.45, 2.75) is 44.7 Å². The summed E-state index contributed by atoms with van der Waals surface area (Å²) in [4.78, 5) is 10.9. The highest BCUT2D eigenvalue weighted by molar-refractivity contribution is 5.91. The SMILES string of the molecule is CC1(NCc2ccc3oc(C(=O)O)cc3c2)CCCC1. The largest absolute Gasteiger partial charge is 0.475 e. The molecule has 0 spiro atoms. The lowest BCUT2D eigenvalue weighted by atomic mass is 10.00. The van der Waals surface area contributed by atoms with Crippen LogP contribution in [0.5, 0.6) is 0 Å². The zero-order valence-corrected chi connectivity index (χ0v) is 11.6. The van der Waals surface area contributed by atoms with Crippen LogP contribution in [-0.2, 0) is 6.54 Å². The van der Waals surface area contributed by atoms with Gasteiger partial charge in [0.15, 0.2) is 0 Å². The molecule has 1 aromatic heterocycles. The fourth-order valence-electron chi connectivity index (χ4n) is 2.96. The number of hydrogen-bond acceptors (Lipinski definition) is 3. The molecule has 1 aromatic carbocycles. The molecular weight excluding hydrogens is 254 g/mol. The van der Waals surface area contributed by atoms with E-state index >= 15 is 0 Å². The van der Waals surface area contributed by atoms with Gasteiger partial charge in [0.1, 0.15) is 5.58 Å². The topological polar surface area (TPSA) is 62.5 Å². The summed E-state index contributed by atoms with van der Waals surface area (Å²) >= 11 is 0. The Kier molecular flexibility index (Phi) is 3.26. The minimum atomic E-state index is -1.03. The first-order valence-electron chi connectivity index (χ1n) is 7.07. The number of nitrogens with one attached hydrogen (secondary N) is 1. The van der Waals surface area contributed by atoms with Gasteiger partial charge in [-0.25, -0.2) is 4.79 Å². The Hall–Kier alpha value is -1.81. The van der Waals surface area contributed by atoms with E-state index in [1.807, 2.05) is 18.2 Å². The van der Waals surface area contributed by atoms with Crippen molar-refractivity contribution < 1.29 is 14.3 Å². The third kappa shape index (κ3) is 2.56. The van der Waals surface area contributed by atoms with Gasteiger partial charge < -0.3 is 14.8 Å². The number of furan rings is 1. The van der Waals surface area contributed by atoms with Crippen molar-refractivity contribution in [3.8, 4) is 0 Å². The number of fused-ring (bicyclic) bond motifs is 1. The van der Waals surface area contributed by atoms with Crippen molar-refractivity contribution in [3.05, 3.63) is 35.6 Å². The molecule has 0 atom stereocenters. The second-order valence-corrected chi connectivity index (χ2v) is 5.91. The molecule has 1 saturated carbocycles. The van der Waals surface area contributed by atoms with E-state index in [1.165, 1.54) is 25.7 Å². The molecular formula is C16H19NO3. The molecule has 0 saturated heterocycles. The van der Waals surface area contributed by atoms with Crippen molar-refractivity contribution in [2.24, 2.45) is 0 Å². The van der Waals surface area contributed by atoms with Crippen LogP contribution in [0.1, 0.15) is 48.7 Å². The van der Waals surface area contributed by atoms with Crippen molar-refractivity contribution >= 4 is 16.9 Å². The first-order chi connectivity index (χ1) is 9.56. The monoisotopic (exact) mass is 273 g/mol. The summed E-state index contributed by atoms with van der Waals surface area (Å²) in [7, 11) is 0. The molecule has 4 heteroatoms. The van der Waals surface area contributed by atoms with Gasteiger partial charge in [-0.15, -0.1) is 0 Å². The first-order valence-corrected chi connectivity index (χ1v) is 7.07. The second-order valence-electron chi connectivity index (χ2n) is 5.91. The summed E-state index contributed by atoms with van der Waals surface area (Å²) < 4.78 is 5.26. The molecule has 2 aromatic rings. The Morgan fingerprint density at radius 2 is 2.10 bits per heavy atom. The fraction of sp³-hybridized carbons (Fsp3) is 0.438. The summed E-state index contributed by atoms with van der Waals surface area (Å²) in [6, 6.07) is 7.41. The van der Waals surface area contributed by atoms with Crippen LogP contribution in [0.25, 0.3) is 11.0 Å². The van der Waals surface area contributed by atoms with E-state index in [9.17, 15) is 4.79 Å². The Morgan fingerprint density at radius 1 is 1.35 bits per heavy atom. The molecule has 0 aliphatic heterocycles.